The van der Waals surface area contributed by atoms with Crippen LogP contribution in [0, 0.1) is 11.8 Å². The fraction of sp³-hybridized carbons (Fsp3) is 1.00. The molecule has 0 saturated heterocycles. The zero-order valence-electron chi connectivity index (χ0n) is 11.2. The molecule has 0 aromatic heterocycles. The van der Waals surface area contributed by atoms with E-state index in [1.54, 1.807) is 0 Å². The fourth-order valence-electron chi connectivity index (χ4n) is 1.80. The summed E-state index contributed by atoms with van der Waals surface area (Å²) in [7, 11) is -1.06. The number of hydrogen-bond donors (Lipinski definition) is 0. The Morgan fingerprint density at radius 3 is 1.73 bits per heavy atom. The highest BCUT2D eigenvalue weighted by Gasteiger charge is 2.18. The van der Waals surface area contributed by atoms with Gasteiger partial charge >= 0.3 is 0 Å². The molecule has 0 heterocycles. The molecule has 0 spiro atoms. The summed E-state index contributed by atoms with van der Waals surface area (Å²) in [6.45, 7) is 13.9. The topological polar surface area (TPSA) is 18.5 Å². The molecule has 0 saturated carbocycles. The van der Waals surface area contributed by atoms with Gasteiger partial charge in [-0.2, -0.15) is 0 Å². The van der Waals surface area contributed by atoms with Crippen molar-refractivity contribution in [3.05, 3.63) is 0 Å². The molecule has 0 aromatic carbocycles. The summed E-state index contributed by atoms with van der Waals surface area (Å²) in [4.78, 5) is 0. The van der Waals surface area contributed by atoms with Crippen molar-refractivity contribution in [3.8, 4) is 0 Å². The zero-order valence-corrected chi connectivity index (χ0v) is 12.4. The van der Waals surface area contributed by atoms with Gasteiger partial charge in [0, 0.05) is 6.61 Å². The Morgan fingerprint density at radius 1 is 0.933 bits per heavy atom. The molecule has 0 fully saturated rings. The summed E-state index contributed by atoms with van der Waals surface area (Å²) in [5, 5.41) is 0. The van der Waals surface area contributed by atoms with Crippen molar-refractivity contribution >= 4 is 9.04 Å². The van der Waals surface area contributed by atoms with E-state index in [0.717, 1.165) is 18.4 Å². The van der Waals surface area contributed by atoms with Crippen LogP contribution in [-0.4, -0.2) is 21.9 Å². The fourth-order valence-corrected chi connectivity index (χ4v) is 4.94. The Labute approximate surface area is 97.1 Å². The average Bonchev–Trinajstić information content (AvgIpc) is 2.00. The standard InChI is InChI=1S/C12H28O2Si/c1-7-13-12(6)14-15(8-10(2)3)9-11(4)5/h10-12,15H,7-9H2,1-6H3. The average molecular weight is 232 g/mol. The van der Waals surface area contributed by atoms with Crippen LogP contribution in [0.3, 0.4) is 0 Å². The first-order valence-electron chi connectivity index (χ1n) is 6.22. The van der Waals surface area contributed by atoms with Gasteiger partial charge in [0.05, 0.1) is 0 Å². The van der Waals surface area contributed by atoms with E-state index >= 15 is 0 Å². The van der Waals surface area contributed by atoms with E-state index in [1.165, 1.54) is 12.1 Å². The smallest absolute Gasteiger partial charge is 0.180 e. The second-order valence-electron chi connectivity index (χ2n) is 5.04. The highest BCUT2D eigenvalue weighted by atomic mass is 28.3. The summed E-state index contributed by atoms with van der Waals surface area (Å²) < 4.78 is 11.5. The van der Waals surface area contributed by atoms with E-state index < -0.39 is 9.04 Å². The lowest BCUT2D eigenvalue weighted by atomic mass is 10.3. The van der Waals surface area contributed by atoms with Gasteiger partial charge in [0.25, 0.3) is 0 Å². The maximum absolute atomic E-state index is 6.03. The van der Waals surface area contributed by atoms with Crippen LogP contribution in [-0.2, 0) is 9.16 Å². The van der Waals surface area contributed by atoms with E-state index in [-0.39, 0.29) is 6.29 Å². The molecule has 15 heavy (non-hydrogen) atoms. The monoisotopic (exact) mass is 232 g/mol. The van der Waals surface area contributed by atoms with E-state index in [4.69, 9.17) is 9.16 Å². The summed E-state index contributed by atoms with van der Waals surface area (Å²) in [6, 6.07) is 2.52. The van der Waals surface area contributed by atoms with Crippen molar-refractivity contribution in [1.82, 2.24) is 0 Å². The molecule has 0 amide bonds. The first-order valence-corrected chi connectivity index (χ1v) is 8.33. The van der Waals surface area contributed by atoms with Gasteiger partial charge in [0.1, 0.15) is 6.29 Å². The minimum Gasteiger partial charge on any atom is -0.396 e. The Morgan fingerprint density at radius 2 is 1.40 bits per heavy atom. The van der Waals surface area contributed by atoms with E-state index in [2.05, 4.69) is 27.7 Å². The highest BCUT2D eigenvalue weighted by Crippen LogP contribution is 2.17. The normalized spacial score (nSPS) is 14.2. The molecule has 92 valence electrons. The van der Waals surface area contributed by atoms with Crippen molar-refractivity contribution < 1.29 is 9.16 Å². The van der Waals surface area contributed by atoms with Crippen LogP contribution in [0.4, 0.5) is 0 Å². The van der Waals surface area contributed by atoms with Crippen molar-refractivity contribution in [1.29, 1.82) is 0 Å². The van der Waals surface area contributed by atoms with Crippen LogP contribution < -0.4 is 0 Å². The van der Waals surface area contributed by atoms with Gasteiger partial charge in [-0.3, -0.25) is 0 Å². The highest BCUT2D eigenvalue weighted by molar-refractivity contribution is 6.51. The molecule has 0 N–H and O–H groups in total. The number of rotatable bonds is 8. The van der Waals surface area contributed by atoms with E-state index in [9.17, 15) is 0 Å². The SMILES string of the molecule is CCOC(C)O[SiH](CC(C)C)CC(C)C. The lowest BCUT2D eigenvalue weighted by Gasteiger charge is -2.24. The predicted molar refractivity (Wildman–Crippen MR) is 68.6 cm³/mol. The molecular weight excluding hydrogens is 204 g/mol. The molecule has 0 radical (unpaired) electrons. The molecule has 0 aliphatic carbocycles. The molecule has 0 rings (SSSR count). The summed E-state index contributed by atoms with van der Waals surface area (Å²) in [6.07, 6.45) is -0.0100. The van der Waals surface area contributed by atoms with Gasteiger partial charge in [-0.25, -0.2) is 0 Å². The van der Waals surface area contributed by atoms with Crippen LogP contribution in [0.5, 0.6) is 0 Å². The minimum absolute atomic E-state index is 0.0100. The maximum Gasteiger partial charge on any atom is 0.180 e. The third-order valence-electron chi connectivity index (χ3n) is 2.25. The van der Waals surface area contributed by atoms with E-state index in [0.29, 0.717) is 0 Å². The third-order valence-corrected chi connectivity index (χ3v) is 5.96. The quantitative estimate of drug-likeness (QED) is 0.471. The van der Waals surface area contributed by atoms with Gasteiger partial charge < -0.3 is 9.16 Å². The van der Waals surface area contributed by atoms with Crippen LogP contribution in [0.2, 0.25) is 12.1 Å². The molecule has 0 aliphatic rings. The van der Waals surface area contributed by atoms with Crippen molar-refractivity contribution in [2.24, 2.45) is 11.8 Å². The molecule has 3 heteroatoms. The van der Waals surface area contributed by atoms with Gasteiger partial charge in [-0.1, -0.05) is 27.7 Å². The summed E-state index contributed by atoms with van der Waals surface area (Å²) in [5.74, 6) is 1.49. The Balaban J connectivity index is 3.99. The molecule has 0 aliphatic heterocycles. The van der Waals surface area contributed by atoms with Crippen LogP contribution in [0.1, 0.15) is 41.5 Å². The zero-order chi connectivity index (χ0) is 11.8. The van der Waals surface area contributed by atoms with Crippen LogP contribution in [0.15, 0.2) is 0 Å². The molecular formula is C12H28O2Si. The largest absolute Gasteiger partial charge is 0.396 e. The summed E-state index contributed by atoms with van der Waals surface area (Å²) in [5.41, 5.74) is 0. The first-order chi connectivity index (χ1) is 6.95. The van der Waals surface area contributed by atoms with Gasteiger partial charge in [-0.05, 0) is 37.8 Å². The first kappa shape index (κ1) is 15.1. The molecule has 0 aromatic rings. The van der Waals surface area contributed by atoms with Crippen LogP contribution in [0.25, 0.3) is 0 Å². The number of hydrogen-bond acceptors (Lipinski definition) is 2. The third kappa shape index (κ3) is 9.09. The van der Waals surface area contributed by atoms with Crippen molar-refractivity contribution in [3.63, 3.8) is 0 Å². The van der Waals surface area contributed by atoms with Crippen molar-refractivity contribution in [2.75, 3.05) is 6.61 Å². The van der Waals surface area contributed by atoms with Crippen molar-refractivity contribution in [2.45, 2.75) is 59.9 Å². The summed E-state index contributed by atoms with van der Waals surface area (Å²) >= 11 is 0. The Kier molecular flexibility index (Phi) is 8.38. The minimum atomic E-state index is -1.06. The maximum atomic E-state index is 6.03. The van der Waals surface area contributed by atoms with Gasteiger partial charge in [0.2, 0.25) is 0 Å². The number of ether oxygens (including phenoxy) is 1. The Hall–Kier alpha value is 0.137. The lowest BCUT2D eigenvalue weighted by molar-refractivity contribution is -0.0649. The Bertz CT molecular complexity index is 139. The second-order valence-corrected chi connectivity index (χ2v) is 7.50. The van der Waals surface area contributed by atoms with Crippen LogP contribution >= 0.6 is 0 Å². The lowest BCUT2D eigenvalue weighted by Crippen LogP contribution is -2.28. The molecule has 2 nitrogen and oxygen atoms in total. The van der Waals surface area contributed by atoms with Gasteiger partial charge in [0.15, 0.2) is 9.04 Å². The molecule has 1 unspecified atom stereocenters. The predicted octanol–water partition coefficient (Wildman–Crippen LogP) is 3.42. The second kappa shape index (κ2) is 8.31. The van der Waals surface area contributed by atoms with Gasteiger partial charge in [-0.15, -0.1) is 0 Å². The van der Waals surface area contributed by atoms with E-state index in [1.807, 2.05) is 13.8 Å². The molecule has 1 atom stereocenters. The molecule has 0 bridgehead atoms.